The standard InChI is InChI=1S/C9H10/c1-8-5-3-4-6-9(2)7-8/h3-6H,1-2H3. The second kappa shape index (κ2) is 2.52. The monoisotopic (exact) mass is 118 g/mol. The van der Waals surface area contributed by atoms with Gasteiger partial charge in [0.1, 0.15) is 0 Å². The van der Waals surface area contributed by atoms with Gasteiger partial charge in [-0.25, -0.2) is 0 Å². The first-order valence-corrected chi connectivity index (χ1v) is 3.08. The molecule has 0 fully saturated rings. The Balaban J connectivity index is 3.07. The highest BCUT2D eigenvalue weighted by molar-refractivity contribution is 5.30. The van der Waals surface area contributed by atoms with Crippen molar-refractivity contribution in [2.75, 3.05) is 0 Å². The van der Waals surface area contributed by atoms with E-state index < -0.39 is 0 Å². The topological polar surface area (TPSA) is 0 Å². The molecule has 0 aromatic carbocycles. The van der Waals surface area contributed by atoms with Crippen molar-refractivity contribution in [2.24, 2.45) is 0 Å². The molecule has 0 heteroatoms. The van der Waals surface area contributed by atoms with Crippen LogP contribution in [0.1, 0.15) is 13.8 Å². The molecule has 0 aliphatic heterocycles. The van der Waals surface area contributed by atoms with Gasteiger partial charge in [-0.1, -0.05) is 24.3 Å². The van der Waals surface area contributed by atoms with Gasteiger partial charge in [0, 0.05) is 0 Å². The van der Waals surface area contributed by atoms with Crippen molar-refractivity contribution in [3.63, 3.8) is 0 Å². The van der Waals surface area contributed by atoms with E-state index in [1.807, 2.05) is 38.2 Å². The van der Waals surface area contributed by atoms with Gasteiger partial charge < -0.3 is 0 Å². The number of allylic oxidation sites excluding steroid dienone is 5. The lowest BCUT2D eigenvalue weighted by molar-refractivity contribution is 1.49. The van der Waals surface area contributed by atoms with Gasteiger partial charge in [-0.15, -0.1) is 5.73 Å². The van der Waals surface area contributed by atoms with Crippen LogP contribution >= 0.6 is 0 Å². The molecule has 46 valence electrons. The molecule has 0 radical (unpaired) electrons. The maximum Gasteiger partial charge on any atom is -0.00886 e. The van der Waals surface area contributed by atoms with Crippen molar-refractivity contribution >= 4 is 0 Å². The predicted octanol–water partition coefficient (Wildman–Crippen LogP) is 2.60. The summed E-state index contributed by atoms with van der Waals surface area (Å²) in [5, 5.41) is 0. The highest BCUT2D eigenvalue weighted by Crippen LogP contribution is 2.02. The van der Waals surface area contributed by atoms with Crippen LogP contribution in [0.5, 0.6) is 0 Å². The van der Waals surface area contributed by atoms with Gasteiger partial charge in [-0.2, -0.15) is 0 Å². The van der Waals surface area contributed by atoms with Crippen molar-refractivity contribution in [2.45, 2.75) is 13.8 Å². The van der Waals surface area contributed by atoms with Gasteiger partial charge >= 0.3 is 0 Å². The van der Waals surface area contributed by atoms with Crippen LogP contribution in [0, 0.1) is 0 Å². The number of hydrogen-bond acceptors (Lipinski definition) is 0. The van der Waals surface area contributed by atoms with Crippen molar-refractivity contribution in [1.82, 2.24) is 0 Å². The van der Waals surface area contributed by atoms with E-state index in [0.717, 1.165) is 0 Å². The second-order valence-corrected chi connectivity index (χ2v) is 2.21. The van der Waals surface area contributed by atoms with Gasteiger partial charge in [0.25, 0.3) is 0 Å². The lowest BCUT2D eigenvalue weighted by atomic mass is 10.2. The Morgan fingerprint density at radius 3 is 1.89 bits per heavy atom. The Morgan fingerprint density at radius 1 is 1.00 bits per heavy atom. The summed E-state index contributed by atoms with van der Waals surface area (Å²) in [6.07, 6.45) is 8.15. The van der Waals surface area contributed by atoms with E-state index >= 15 is 0 Å². The normalized spacial score (nSPS) is 16.7. The third-order valence-corrected chi connectivity index (χ3v) is 1.20. The number of rotatable bonds is 0. The predicted molar refractivity (Wildman–Crippen MR) is 40.2 cm³/mol. The first-order chi connectivity index (χ1) is 4.29. The Hall–Kier alpha value is -1.00. The van der Waals surface area contributed by atoms with E-state index in [4.69, 9.17) is 0 Å². The van der Waals surface area contributed by atoms with E-state index in [-0.39, 0.29) is 0 Å². The Bertz CT molecular complexity index is 198. The van der Waals surface area contributed by atoms with Gasteiger partial charge in [0.15, 0.2) is 0 Å². The average molecular weight is 118 g/mol. The molecule has 0 amide bonds. The quantitative estimate of drug-likeness (QED) is 0.429. The summed E-state index contributed by atoms with van der Waals surface area (Å²) in [5.74, 6) is 0. The lowest BCUT2D eigenvalue weighted by Crippen LogP contribution is -1.61. The highest BCUT2D eigenvalue weighted by Gasteiger charge is 1.82. The van der Waals surface area contributed by atoms with Gasteiger partial charge in [0.2, 0.25) is 0 Å². The molecule has 0 nitrogen and oxygen atoms in total. The molecule has 0 unspecified atom stereocenters. The van der Waals surface area contributed by atoms with Crippen molar-refractivity contribution in [1.29, 1.82) is 0 Å². The largest absolute Gasteiger partial charge is 0.114 e. The summed E-state index contributed by atoms with van der Waals surface area (Å²) in [6, 6.07) is 0. The first kappa shape index (κ1) is 6.12. The highest BCUT2D eigenvalue weighted by atomic mass is 13.9. The van der Waals surface area contributed by atoms with Crippen LogP contribution in [0.15, 0.2) is 41.2 Å². The van der Waals surface area contributed by atoms with Crippen LogP contribution in [0.2, 0.25) is 0 Å². The minimum absolute atomic E-state index is 1.19. The minimum Gasteiger partial charge on any atom is -0.114 e. The fourth-order valence-corrected chi connectivity index (χ4v) is 0.794. The fourth-order valence-electron chi connectivity index (χ4n) is 0.794. The molecular weight excluding hydrogens is 108 g/mol. The molecule has 1 aliphatic rings. The average Bonchev–Trinajstić information content (AvgIpc) is 1.93. The molecule has 1 aliphatic carbocycles. The maximum atomic E-state index is 3.20. The smallest absolute Gasteiger partial charge is 0.00886 e. The molecule has 1 rings (SSSR count). The molecule has 0 spiro atoms. The SMILES string of the molecule is CC1=C=C(C)C=CC=C1. The molecule has 9 heavy (non-hydrogen) atoms. The van der Waals surface area contributed by atoms with Crippen molar-refractivity contribution < 1.29 is 0 Å². The van der Waals surface area contributed by atoms with E-state index in [1.165, 1.54) is 11.1 Å². The first-order valence-electron chi connectivity index (χ1n) is 3.08. The van der Waals surface area contributed by atoms with Crippen molar-refractivity contribution in [3.8, 4) is 0 Å². The maximum absolute atomic E-state index is 3.20. The second-order valence-electron chi connectivity index (χ2n) is 2.21. The Kier molecular flexibility index (Phi) is 1.72. The minimum atomic E-state index is 1.19. The summed E-state index contributed by atoms with van der Waals surface area (Å²) in [7, 11) is 0. The van der Waals surface area contributed by atoms with Crippen LogP contribution in [0.4, 0.5) is 0 Å². The van der Waals surface area contributed by atoms with E-state index in [0.29, 0.717) is 0 Å². The summed E-state index contributed by atoms with van der Waals surface area (Å²) in [5.41, 5.74) is 5.59. The fraction of sp³-hybridized carbons (Fsp3) is 0.222. The zero-order valence-corrected chi connectivity index (χ0v) is 5.81. The van der Waals surface area contributed by atoms with Crippen LogP contribution < -0.4 is 0 Å². The van der Waals surface area contributed by atoms with E-state index in [9.17, 15) is 0 Å². The summed E-state index contributed by atoms with van der Waals surface area (Å²) < 4.78 is 0. The zero-order chi connectivity index (χ0) is 6.69. The molecule has 0 saturated heterocycles. The van der Waals surface area contributed by atoms with E-state index in [2.05, 4.69) is 5.73 Å². The zero-order valence-electron chi connectivity index (χ0n) is 5.81. The summed E-state index contributed by atoms with van der Waals surface area (Å²) >= 11 is 0. The molecule has 0 N–H and O–H groups in total. The number of hydrogen-bond donors (Lipinski definition) is 0. The molecule has 0 saturated carbocycles. The van der Waals surface area contributed by atoms with Crippen LogP contribution in [0.3, 0.4) is 0 Å². The van der Waals surface area contributed by atoms with Gasteiger partial charge in [-0.3, -0.25) is 0 Å². The summed E-state index contributed by atoms with van der Waals surface area (Å²) in [6.45, 7) is 4.10. The van der Waals surface area contributed by atoms with Crippen LogP contribution in [-0.4, -0.2) is 0 Å². The van der Waals surface area contributed by atoms with Gasteiger partial charge in [-0.05, 0) is 25.0 Å². The van der Waals surface area contributed by atoms with Crippen LogP contribution in [0.25, 0.3) is 0 Å². The molecule has 0 bridgehead atoms. The molecule has 0 aromatic heterocycles. The Labute approximate surface area is 55.9 Å². The Morgan fingerprint density at radius 2 is 1.44 bits per heavy atom. The molecular formula is C9H10. The summed E-state index contributed by atoms with van der Waals surface area (Å²) in [4.78, 5) is 0. The van der Waals surface area contributed by atoms with Crippen LogP contribution in [-0.2, 0) is 0 Å². The third kappa shape index (κ3) is 1.75. The van der Waals surface area contributed by atoms with E-state index in [1.54, 1.807) is 0 Å². The molecule has 0 heterocycles. The lowest BCUT2D eigenvalue weighted by Gasteiger charge is -1.80. The third-order valence-electron chi connectivity index (χ3n) is 1.20. The molecule has 0 atom stereocenters. The van der Waals surface area contributed by atoms with Gasteiger partial charge in [0.05, 0.1) is 0 Å². The molecule has 0 aromatic rings. The van der Waals surface area contributed by atoms with Crippen molar-refractivity contribution in [3.05, 3.63) is 41.2 Å².